The third-order valence-electron chi connectivity index (χ3n) is 3.33. The lowest BCUT2D eigenvalue weighted by Crippen LogP contribution is -2.21. The molecule has 0 heterocycles. The van der Waals surface area contributed by atoms with Crippen LogP contribution in [0.5, 0.6) is 0 Å². The number of hydrogen-bond donors (Lipinski definition) is 2. The van der Waals surface area contributed by atoms with Crippen molar-refractivity contribution in [3.8, 4) is 0 Å². The van der Waals surface area contributed by atoms with Crippen molar-refractivity contribution in [1.82, 2.24) is 0 Å². The van der Waals surface area contributed by atoms with E-state index in [1.165, 1.54) is 63.1 Å². The van der Waals surface area contributed by atoms with Crippen molar-refractivity contribution in [3.05, 3.63) is 0 Å². The maximum atomic E-state index is 9.64. The average molecular weight is 276 g/mol. The molecule has 2 nitrogen and oxygen atoms in total. The molecule has 3 atom stereocenters. The molecule has 0 radical (unpaired) electrons. The Labute approximate surface area is 118 Å². The van der Waals surface area contributed by atoms with Gasteiger partial charge in [0.2, 0.25) is 0 Å². The van der Waals surface area contributed by atoms with Crippen LogP contribution in [0.3, 0.4) is 0 Å². The number of hydrogen-bond acceptors (Lipinski definition) is 3. The van der Waals surface area contributed by atoms with Crippen LogP contribution >= 0.6 is 11.8 Å². The zero-order valence-corrected chi connectivity index (χ0v) is 13.2. The van der Waals surface area contributed by atoms with Gasteiger partial charge in [-0.05, 0) is 19.8 Å². The second-order valence-corrected chi connectivity index (χ2v) is 6.63. The number of aliphatic hydroxyl groups is 2. The Balaban J connectivity index is 3.50. The molecule has 0 aliphatic carbocycles. The minimum atomic E-state index is -0.627. The fourth-order valence-corrected chi connectivity index (χ4v) is 3.13. The molecule has 0 fully saturated rings. The van der Waals surface area contributed by atoms with Gasteiger partial charge in [0.1, 0.15) is 5.44 Å². The van der Waals surface area contributed by atoms with E-state index in [1.54, 1.807) is 6.92 Å². The SMILES string of the molecule is CCCCCCCCCC(CC)SC(O)C(C)O. The summed E-state index contributed by atoms with van der Waals surface area (Å²) in [6, 6.07) is 0. The van der Waals surface area contributed by atoms with Gasteiger partial charge in [0, 0.05) is 5.25 Å². The van der Waals surface area contributed by atoms with Gasteiger partial charge in [-0.3, -0.25) is 0 Å². The molecule has 0 aromatic carbocycles. The Morgan fingerprint density at radius 3 is 1.94 bits per heavy atom. The summed E-state index contributed by atoms with van der Waals surface area (Å²) >= 11 is 1.53. The van der Waals surface area contributed by atoms with Gasteiger partial charge in [0.05, 0.1) is 6.10 Å². The molecule has 18 heavy (non-hydrogen) atoms. The van der Waals surface area contributed by atoms with Crippen LogP contribution < -0.4 is 0 Å². The third kappa shape index (κ3) is 10.2. The molecule has 3 heteroatoms. The molecule has 0 aliphatic heterocycles. The molecule has 0 saturated heterocycles. The molecule has 3 unspecified atom stereocenters. The van der Waals surface area contributed by atoms with Crippen molar-refractivity contribution in [3.63, 3.8) is 0 Å². The maximum Gasteiger partial charge on any atom is 0.125 e. The van der Waals surface area contributed by atoms with Crippen molar-refractivity contribution in [1.29, 1.82) is 0 Å². The second-order valence-electron chi connectivity index (χ2n) is 5.21. The highest BCUT2D eigenvalue weighted by molar-refractivity contribution is 8.00. The number of rotatable bonds is 12. The number of unbranched alkanes of at least 4 members (excludes halogenated alkanes) is 6. The molecule has 0 aromatic rings. The summed E-state index contributed by atoms with van der Waals surface area (Å²) in [6.07, 6.45) is 11.0. The van der Waals surface area contributed by atoms with E-state index >= 15 is 0 Å². The van der Waals surface area contributed by atoms with Crippen LogP contribution in [0, 0.1) is 0 Å². The first-order chi connectivity index (χ1) is 8.61. The van der Waals surface area contributed by atoms with Crippen molar-refractivity contribution >= 4 is 11.8 Å². The molecular formula is C15H32O2S. The number of thioether (sulfide) groups is 1. The van der Waals surface area contributed by atoms with Gasteiger partial charge in [-0.15, -0.1) is 11.8 Å². The molecule has 0 bridgehead atoms. The van der Waals surface area contributed by atoms with Crippen LogP contribution in [0.2, 0.25) is 0 Å². The fraction of sp³-hybridized carbons (Fsp3) is 1.00. The summed E-state index contributed by atoms with van der Waals surface area (Å²) < 4.78 is 0. The van der Waals surface area contributed by atoms with Crippen LogP contribution in [-0.2, 0) is 0 Å². The van der Waals surface area contributed by atoms with Crippen molar-refractivity contribution in [2.75, 3.05) is 0 Å². The van der Waals surface area contributed by atoms with E-state index in [0.29, 0.717) is 5.25 Å². The summed E-state index contributed by atoms with van der Waals surface area (Å²) in [7, 11) is 0. The van der Waals surface area contributed by atoms with E-state index in [1.807, 2.05) is 0 Å². The van der Waals surface area contributed by atoms with Gasteiger partial charge in [-0.1, -0.05) is 58.8 Å². The van der Waals surface area contributed by atoms with E-state index in [9.17, 15) is 10.2 Å². The van der Waals surface area contributed by atoms with Crippen molar-refractivity contribution < 1.29 is 10.2 Å². The Kier molecular flexibility index (Phi) is 12.5. The van der Waals surface area contributed by atoms with E-state index in [0.717, 1.165) is 6.42 Å². The lowest BCUT2D eigenvalue weighted by Gasteiger charge is -2.20. The van der Waals surface area contributed by atoms with Crippen molar-refractivity contribution in [2.45, 2.75) is 95.3 Å². The first kappa shape index (κ1) is 18.3. The largest absolute Gasteiger partial charge is 0.390 e. The first-order valence-electron chi connectivity index (χ1n) is 7.63. The van der Waals surface area contributed by atoms with Crippen LogP contribution in [-0.4, -0.2) is 27.0 Å². The normalized spacial score (nSPS) is 16.5. The molecule has 2 N–H and O–H groups in total. The quantitative estimate of drug-likeness (QED) is 0.411. The van der Waals surface area contributed by atoms with Gasteiger partial charge in [0.15, 0.2) is 0 Å². The van der Waals surface area contributed by atoms with Gasteiger partial charge < -0.3 is 10.2 Å². The predicted molar refractivity (Wildman–Crippen MR) is 82.0 cm³/mol. The maximum absolute atomic E-state index is 9.64. The lowest BCUT2D eigenvalue weighted by molar-refractivity contribution is 0.0869. The van der Waals surface area contributed by atoms with Gasteiger partial charge in [0.25, 0.3) is 0 Å². The summed E-state index contributed by atoms with van der Waals surface area (Å²) in [5.41, 5.74) is -0.625. The van der Waals surface area contributed by atoms with Gasteiger partial charge in [-0.25, -0.2) is 0 Å². The zero-order chi connectivity index (χ0) is 13.8. The third-order valence-corrected chi connectivity index (χ3v) is 4.96. The average Bonchev–Trinajstić information content (AvgIpc) is 2.35. The highest BCUT2D eigenvalue weighted by atomic mass is 32.2. The van der Waals surface area contributed by atoms with E-state index in [4.69, 9.17) is 0 Å². The molecule has 0 spiro atoms. The van der Waals surface area contributed by atoms with Crippen molar-refractivity contribution in [2.24, 2.45) is 0 Å². The van der Waals surface area contributed by atoms with Gasteiger partial charge >= 0.3 is 0 Å². The standard InChI is InChI=1S/C15H32O2S/c1-4-6-7-8-9-10-11-12-14(5-2)18-15(17)13(3)16/h13-17H,4-12H2,1-3H3. The Morgan fingerprint density at radius 1 is 0.889 bits per heavy atom. The minimum Gasteiger partial charge on any atom is -0.390 e. The van der Waals surface area contributed by atoms with Crippen LogP contribution in [0.4, 0.5) is 0 Å². The van der Waals surface area contributed by atoms with Crippen LogP contribution in [0.1, 0.15) is 78.6 Å². The Bertz CT molecular complexity index is 174. The van der Waals surface area contributed by atoms with Crippen LogP contribution in [0.15, 0.2) is 0 Å². The van der Waals surface area contributed by atoms with Crippen LogP contribution in [0.25, 0.3) is 0 Å². The molecule has 0 saturated carbocycles. The molecule has 0 aromatic heterocycles. The van der Waals surface area contributed by atoms with E-state index < -0.39 is 11.5 Å². The summed E-state index contributed by atoms with van der Waals surface area (Å²) in [5.74, 6) is 0. The monoisotopic (exact) mass is 276 g/mol. The summed E-state index contributed by atoms with van der Waals surface area (Å²) in [4.78, 5) is 0. The first-order valence-corrected chi connectivity index (χ1v) is 8.57. The van der Waals surface area contributed by atoms with E-state index in [2.05, 4.69) is 13.8 Å². The molecular weight excluding hydrogens is 244 g/mol. The molecule has 0 amide bonds. The Morgan fingerprint density at radius 2 is 1.44 bits per heavy atom. The highest BCUT2D eigenvalue weighted by Crippen LogP contribution is 2.26. The predicted octanol–water partition coefficient (Wildman–Crippen LogP) is 4.34. The second kappa shape index (κ2) is 12.3. The fourth-order valence-electron chi connectivity index (χ4n) is 2.01. The zero-order valence-electron chi connectivity index (χ0n) is 12.4. The molecule has 0 rings (SSSR count). The molecule has 0 aliphatic rings. The molecule has 110 valence electrons. The Hall–Kier alpha value is 0.270. The number of aliphatic hydroxyl groups excluding tert-OH is 2. The van der Waals surface area contributed by atoms with Gasteiger partial charge in [-0.2, -0.15) is 0 Å². The topological polar surface area (TPSA) is 40.5 Å². The summed E-state index contributed by atoms with van der Waals surface area (Å²) in [5, 5.41) is 19.4. The minimum absolute atomic E-state index is 0.491. The smallest absolute Gasteiger partial charge is 0.125 e. The lowest BCUT2D eigenvalue weighted by atomic mass is 10.1. The summed E-state index contributed by atoms with van der Waals surface area (Å²) in [6.45, 7) is 6.06. The van der Waals surface area contributed by atoms with E-state index in [-0.39, 0.29) is 0 Å². The highest BCUT2D eigenvalue weighted by Gasteiger charge is 2.17.